The van der Waals surface area contributed by atoms with Crippen LogP contribution in [0.15, 0.2) is 35.4 Å². The molecule has 0 aromatic heterocycles. The van der Waals surface area contributed by atoms with Gasteiger partial charge in [-0.05, 0) is 31.5 Å². The second-order valence-electron chi connectivity index (χ2n) is 5.41. The number of para-hydroxylation sites is 2. The predicted molar refractivity (Wildman–Crippen MR) is 93.6 cm³/mol. The van der Waals surface area contributed by atoms with Gasteiger partial charge in [-0.2, -0.15) is 5.10 Å². The van der Waals surface area contributed by atoms with Gasteiger partial charge in [0.05, 0.1) is 11.1 Å². The highest BCUT2D eigenvalue weighted by atomic mass is 16.6. The van der Waals surface area contributed by atoms with Crippen molar-refractivity contribution in [3.05, 3.63) is 57.1 Å². The quantitative estimate of drug-likeness (QED) is 0.411. The monoisotopic (exact) mass is 359 g/mol. The molecule has 0 fully saturated rings. The third-order valence-electron chi connectivity index (χ3n) is 3.58. The number of phenolic OH excluding ortho intramolecular Hbond substituents is 2. The molecule has 26 heavy (non-hydrogen) atoms. The van der Waals surface area contributed by atoms with Gasteiger partial charge in [-0.25, -0.2) is 5.43 Å². The van der Waals surface area contributed by atoms with Crippen molar-refractivity contribution in [3.8, 4) is 17.2 Å². The number of nitro benzene ring substituents is 1. The van der Waals surface area contributed by atoms with E-state index < -0.39 is 17.4 Å². The molecule has 3 N–H and O–H groups in total. The summed E-state index contributed by atoms with van der Waals surface area (Å²) in [7, 11) is 0. The first-order valence-electron chi connectivity index (χ1n) is 7.51. The Hall–Kier alpha value is -3.62. The van der Waals surface area contributed by atoms with Crippen LogP contribution in [0.3, 0.4) is 0 Å². The van der Waals surface area contributed by atoms with Gasteiger partial charge in [-0.1, -0.05) is 12.1 Å². The summed E-state index contributed by atoms with van der Waals surface area (Å²) in [6, 6.07) is 7.16. The van der Waals surface area contributed by atoms with Crippen LogP contribution in [0.4, 0.5) is 5.69 Å². The van der Waals surface area contributed by atoms with Crippen molar-refractivity contribution in [2.24, 2.45) is 5.10 Å². The van der Waals surface area contributed by atoms with Gasteiger partial charge >= 0.3 is 5.69 Å². The van der Waals surface area contributed by atoms with E-state index in [2.05, 4.69) is 10.5 Å². The number of hydrazone groups is 1. The van der Waals surface area contributed by atoms with E-state index in [1.54, 1.807) is 19.9 Å². The first-order chi connectivity index (χ1) is 12.3. The number of aromatic hydroxyl groups is 2. The van der Waals surface area contributed by atoms with Crippen LogP contribution in [0, 0.1) is 24.0 Å². The number of hydrogen-bond acceptors (Lipinski definition) is 7. The highest BCUT2D eigenvalue weighted by Crippen LogP contribution is 2.31. The molecule has 2 rings (SSSR count). The fourth-order valence-electron chi connectivity index (χ4n) is 2.14. The lowest BCUT2D eigenvalue weighted by atomic mass is 10.0. The van der Waals surface area contributed by atoms with Gasteiger partial charge in [0.15, 0.2) is 12.4 Å². The van der Waals surface area contributed by atoms with Gasteiger partial charge in [0.2, 0.25) is 0 Å². The molecule has 0 aliphatic rings. The van der Waals surface area contributed by atoms with E-state index >= 15 is 0 Å². The fraction of sp³-hybridized carbons (Fsp3) is 0.176. The molecule has 0 spiro atoms. The lowest BCUT2D eigenvalue weighted by Gasteiger charge is -2.09. The summed E-state index contributed by atoms with van der Waals surface area (Å²) in [4.78, 5) is 22.0. The van der Waals surface area contributed by atoms with Crippen molar-refractivity contribution in [1.29, 1.82) is 0 Å². The van der Waals surface area contributed by atoms with Crippen LogP contribution < -0.4 is 10.2 Å². The number of nitrogens with zero attached hydrogens (tertiary/aromatic N) is 2. The highest BCUT2D eigenvalue weighted by Gasteiger charge is 2.15. The van der Waals surface area contributed by atoms with Gasteiger partial charge in [-0.3, -0.25) is 14.9 Å². The largest absolute Gasteiger partial charge is 0.508 e. The maximum Gasteiger partial charge on any atom is 0.310 e. The minimum Gasteiger partial charge on any atom is -0.508 e. The van der Waals surface area contributed by atoms with Crippen molar-refractivity contribution < 1.29 is 24.7 Å². The standard InChI is InChI=1S/C17H17N3O6/c1-10-7-14(21)11(2)17(23)12(10)8-18-19-16(22)9-26-15-6-4-3-5-13(15)20(24)25/h3-8,21,23H,9H2,1-2H3,(H,19,22)/b18-8+. The third-order valence-corrected chi connectivity index (χ3v) is 3.58. The first-order valence-corrected chi connectivity index (χ1v) is 7.51. The topological polar surface area (TPSA) is 134 Å². The van der Waals surface area contributed by atoms with E-state index in [-0.39, 0.29) is 22.9 Å². The Balaban J connectivity index is 1.99. The molecule has 0 saturated carbocycles. The van der Waals surface area contributed by atoms with Crippen molar-refractivity contribution in [1.82, 2.24) is 5.43 Å². The number of phenols is 2. The number of aryl methyl sites for hydroxylation is 1. The first kappa shape index (κ1) is 18.7. The van der Waals surface area contributed by atoms with E-state index in [0.717, 1.165) is 0 Å². The van der Waals surface area contributed by atoms with E-state index in [1.165, 1.54) is 30.5 Å². The number of nitrogens with one attached hydrogen (secondary N) is 1. The van der Waals surface area contributed by atoms with Crippen LogP contribution in [-0.2, 0) is 4.79 Å². The summed E-state index contributed by atoms with van der Waals surface area (Å²) < 4.78 is 5.14. The number of nitro groups is 1. The number of carbonyl (C=O) groups excluding carboxylic acids is 1. The number of benzene rings is 2. The number of hydrogen-bond donors (Lipinski definition) is 3. The molecule has 0 bridgehead atoms. The molecule has 2 aromatic carbocycles. The lowest BCUT2D eigenvalue weighted by molar-refractivity contribution is -0.385. The number of carbonyl (C=O) groups is 1. The van der Waals surface area contributed by atoms with Gasteiger partial charge in [-0.15, -0.1) is 0 Å². The fourth-order valence-corrected chi connectivity index (χ4v) is 2.14. The molecule has 0 radical (unpaired) electrons. The zero-order chi connectivity index (χ0) is 19.3. The van der Waals surface area contributed by atoms with Crippen molar-refractivity contribution in [3.63, 3.8) is 0 Å². The summed E-state index contributed by atoms with van der Waals surface area (Å²) in [6.07, 6.45) is 1.24. The van der Waals surface area contributed by atoms with Gasteiger partial charge in [0.1, 0.15) is 11.5 Å². The molecule has 9 heteroatoms. The normalized spacial score (nSPS) is 10.7. The van der Waals surface area contributed by atoms with Crippen LogP contribution in [-0.4, -0.2) is 33.9 Å². The van der Waals surface area contributed by atoms with E-state index in [1.807, 2.05) is 0 Å². The summed E-state index contributed by atoms with van der Waals surface area (Å²) in [5.74, 6) is -0.845. The average Bonchev–Trinajstić information content (AvgIpc) is 2.61. The SMILES string of the molecule is Cc1cc(O)c(C)c(O)c1/C=N/NC(=O)COc1ccccc1[N+](=O)[O-]. The molecule has 9 nitrogen and oxygen atoms in total. The van der Waals surface area contributed by atoms with E-state index in [9.17, 15) is 25.1 Å². The number of ether oxygens (including phenoxy) is 1. The molecule has 1 amide bonds. The number of rotatable bonds is 6. The third kappa shape index (κ3) is 4.26. The predicted octanol–water partition coefficient (Wildman–Crippen LogP) is 2.15. The van der Waals surface area contributed by atoms with Crippen molar-refractivity contribution in [2.45, 2.75) is 13.8 Å². The molecule has 0 saturated heterocycles. The molecular formula is C17H17N3O6. The van der Waals surface area contributed by atoms with Gasteiger partial charge in [0, 0.05) is 17.2 Å². The van der Waals surface area contributed by atoms with Crippen LogP contribution in [0.1, 0.15) is 16.7 Å². The Bertz CT molecular complexity index is 879. The molecular weight excluding hydrogens is 342 g/mol. The maximum atomic E-state index is 11.8. The molecule has 0 aliphatic carbocycles. The Morgan fingerprint density at radius 3 is 2.73 bits per heavy atom. The second-order valence-corrected chi connectivity index (χ2v) is 5.41. The minimum atomic E-state index is -0.632. The molecule has 0 atom stereocenters. The molecule has 136 valence electrons. The zero-order valence-corrected chi connectivity index (χ0v) is 14.1. The summed E-state index contributed by atoms with van der Waals surface area (Å²) in [6.45, 7) is 2.74. The van der Waals surface area contributed by atoms with Crippen LogP contribution in [0.25, 0.3) is 0 Å². The van der Waals surface area contributed by atoms with Gasteiger partial charge < -0.3 is 14.9 Å². The Morgan fingerprint density at radius 2 is 2.04 bits per heavy atom. The molecule has 0 heterocycles. The lowest BCUT2D eigenvalue weighted by Crippen LogP contribution is -2.24. The second kappa shape index (κ2) is 7.97. The smallest absolute Gasteiger partial charge is 0.310 e. The Morgan fingerprint density at radius 1 is 1.35 bits per heavy atom. The Kier molecular flexibility index (Phi) is 5.74. The minimum absolute atomic E-state index is 0.0284. The maximum absolute atomic E-state index is 11.8. The highest BCUT2D eigenvalue weighted by molar-refractivity contribution is 5.88. The molecule has 0 unspecified atom stereocenters. The van der Waals surface area contributed by atoms with Crippen LogP contribution >= 0.6 is 0 Å². The molecule has 2 aromatic rings. The van der Waals surface area contributed by atoms with Crippen LogP contribution in [0.2, 0.25) is 0 Å². The van der Waals surface area contributed by atoms with Crippen LogP contribution in [0.5, 0.6) is 17.2 Å². The molecule has 0 aliphatic heterocycles. The van der Waals surface area contributed by atoms with Crippen molar-refractivity contribution >= 4 is 17.8 Å². The van der Waals surface area contributed by atoms with E-state index in [4.69, 9.17) is 4.74 Å². The summed E-state index contributed by atoms with van der Waals surface area (Å²) in [5.41, 5.74) is 3.17. The van der Waals surface area contributed by atoms with E-state index in [0.29, 0.717) is 16.7 Å². The number of amides is 1. The Labute approximate surface area is 148 Å². The van der Waals surface area contributed by atoms with Gasteiger partial charge in [0.25, 0.3) is 5.91 Å². The average molecular weight is 359 g/mol. The summed E-state index contributed by atoms with van der Waals surface area (Å²) in [5, 5.41) is 34.2. The zero-order valence-electron chi connectivity index (χ0n) is 14.1. The van der Waals surface area contributed by atoms with Crippen molar-refractivity contribution in [2.75, 3.05) is 6.61 Å². The summed E-state index contributed by atoms with van der Waals surface area (Å²) >= 11 is 0.